The first-order chi connectivity index (χ1) is 10.8. The van der Waals surface area contributed by atoms with Crippen LogP contribution in [0.3, 0.4) is 0 Å². The molecule has 0 saturated heterocycles. The molecule has 0 amide bonds. The molecular formula is C16H15N3O3. The van der Waals surface area contributed by atoms with E-state index in [4.69, 9.17) is 20.0 Å². The second-order valence-corrected chi connectivity index (χ2v) is 5.15. The number of nitrogens with two attached hydrogens (primary N) is 1. The van der Waals surface area contributed by atoms with Crippen molar-refractivity contribution in [1.29, 1.82) is 0 Å². The zero-order valence-electron chi connectivity index (χ0n) is 11.8. The lowest BCUT2D eigenvalue weighted by atomic mass is 10.1. The molecule has 22 heavy (non-hydrogen) atoms. The van der Waals surface area contributed by atoms with Crippen LogP contribution in [-0.2, 0) is 11.4 Å². The molecule has 2 aromatic rings. The second-order valence-electron chi connectivity index (χ2n) is 5.15. The van der Waals surface area contributed by atoms with Gasteiger partial charge in [0, 0.05) is 18.5 Å². The van der Waals surface area contributed by atoms with E-state index in [2.05, 4.69) is 4.98 Å². The average Bonchev–Trinajstić information content (AvgIpc) is 3.14. The minimum atomic E-state index is -0.0564. The van der Waals surface area contributed by atoms with E-state index in [-0.39, 0.29) is 12.8 Å². The molecule has 2 aliphatic rings. The molecule has 1 aromatic heterocycles. The van der Waals surface area contributed by atoms with Gasteiger partial charge >= 0.3 is 0 Å². The summed E-state index contributed by atoms with van der Waals surface area (Å²) >= 11 is 0. The summed E-state index contributed by atoms with van der Waals surface area (Å²) in [6.07, 6.45) is 5.44. The van der Waals surface area contributed by atoms with Crippen molar-refractivity contribution >= 4 is 0 Å². The summed E-state index contributed by atoms with van der Waals surface area (Å²) in [6.45, 7) is 0.846. The number of hydrogen-bond acceptors (Lipinski definition) is 6. The fourth-order valence-electron chi connectivity index (χ4n) is 2.62. The maximum absolute atomic E-state index is 5.83. The summed E-state index contributed by atoms with van der Waals surface area (Å²) in [5.74, 6) is 1.93. The fraction of sp³-hybridized carbons (Fsp3) is 0.188. The normalized spacial score (nSPS) is 19.8. The van der Waals surface area contributed by atoms with Gasteiger partial charge in [-0.05, 0) is 29.3 Å². The Morgan fingerprint density at radius 2 is 2.14 bits per heavy atom. The van der Waals surface area contributed by atoms with Crippen LogP contribution >= 0.6 is 0 Å². The quantitative estimate of drug-likeness (QED) is 0.935. The van der Waals surface area contributed by atoms with E-state index in [1.807, 2.05) is 47.7 Å². The van der Waals surface area contributed by atoms with E-state index in [0.717, 1.165) is 22.6 Å². The highest BCUT2D eigenvalue weighted by atomic mass is 16.7. The SMILES string of the molecule is NC1=CC(c2cccnc2)N(Cc2ccc3c(c2)OCO3)O1. The number of rotatable bonds is 3. The lowest BCUT2D eigenvalue weighted by molar-refractivity contribution is -0.127. The monoisotopic (exact) mass is 297 g/mol. The molecule has 6 heteroatoms. The van der Waals surface area contributed by atoms with Gasteiger partial charge in [0.25, 0.3) is 0 Å². The molecule has 1 atom stereocenters. The predicted molar refractivity (Wildman–Crippen MR) is 78.4 cm³/mol. The number of hydrogen-bond donors (Lipinski definition) is 1. The number of benzene rings is 1. The summed E-state index contributed by atoms with van der Waals surface area (Å²) in [7, 11) is 0. The number of hydroxylamine groups is 2. The maximum Gasteiger partial charge on any atom is 0.231 e. The van der Waals surface area contributed by atoms with Crippen molar-refractivity contribution in [3.05, 3.63) is 65.8 Å². The third-order valence-corrected chi connectivity index (χ3v) is 3.66. The molecule has 1 aromatic carbocycles. The number of pyridine rings is 1. The van der Waals surface area contributed by atoms with Gasteiger partial charge in [-0.1, -0.05) is 12.1 Å². The summed E-state index contributed by atoms with van der Waals surface area (Å²) in [5, 5.41) is 1.82. The number of nitrogens with zero attached hydrogens (tertiary/aromatic N) is 2. The summed E-state index contributed by atoms with van der Waals surface area (Å²) in [4.78, 5) is 9.78. The van der Waals surface area contributed by atoms with Gasteiger partial charge in [-0.2, -0.15) is 0 Å². The summed E-state index contributed by atoms with van der Waals surface area (Å²) in [6, 6.07) is 9.70. The van der Waals surface area contributed by atoms with E-state index in [9.17, 15) is 0 Å². The minimum absolute atomic E-state index is 0.0564. The van der Waals surface area contributed by atoms with E-state index >= 15 is 0 Å². The Kier molecular flexibility index (Phi) is 3.08. The number of aromatic nitrogens is 1. The molecule has 1 unspecified atom stereocenters. The molecule has 0 saturated carbocycles. The molecule has 0 fully saturated rings. The Morgan fingerprint density at radius 3 is 3.00 bits per heavy atom. The van der Waals surface area contributed by atoms with E-state index in [1.54, 1.807) is 6.20 Å². The van der Waals surface area contributed by atoms with E-state index in [1.165, 1.54) is 0 Å². The van der Waals surface area contributed by atoms with E-state index < -0.39 is 0 Å². The zero-order chi connectivity index (χ0) is 14.9. The molecule has 0 radical (unpaired) electrons. The minimum Gasteiger partial charge on any atom is -0.454 e. The van der Waals surface area contributed by atoms with Gasteiger partial charge in [0.1, 0.15) is 0 Å². The summed E-state index contributed by atoms with van der Waals surface area (Å²) < 4.78 is 10.7. The first-order valence-corrected chi connectivity index (χ1v) is 7.00. The smallest absolute Gasteiger partial charge is 0.231 e. The van der Waals surface area contributed by atoms with Crippen LogP contribution in [0.2, 0.25) is 0 Å². The Balaban J connectivity index is 1.57. The molecule has 2 N–H and O–H groups in total. The third-order valence-electron chi connectivity index (χ3n) is 3.66. The lowest BCUT2D eigenvalue weighted by Gasteiger charge is -2.22. The Hall–Kier alpha value is -2.73. The lowest BCUT2D eigenvalue weighted by Crippen LogP contribution is -2.23. The van der Waals surface area contributed by atoms with Crippen molar-refractivity contribution in [2.24, 2.45) is 5.73 Å². The Labute approximate surface area is 127 Å². The van der Waals surface area contributed by atoms with Gasteiger partial charge in [-0.25, -0.2) is 0 Å². The van der Waals surface area contributed by atoms with Crippen molar-refractivity contribution in [2.45, 2.75) is 12.6 Å². The molecule has 112 valence electrons. The molecule has 6 nitrogen and oxygen atoms in total. The molecule has 0 spiro atoms. The van der Waals surface area contributed by atoms with Crippen molar-refractivity contribution in [1.82, 2.24) is 10.0 Å². The standard InChI is InChI=1S/C16H15N3O3/c17-16-7-13(12-2-1-5-18-8-12)19(22-16)9-11-3-4-14-15(6-11)21-10-20-14/h1-8,13H,9-10,17H2. The van der Waals surface area contributed by atoms with Crippen LogP contribution in [0.15, 0.2) is 54.7 Å². The third kappa shape index (κ3) is 2.33. The Morgan fingerprint density at radius 1 is 1.23 bits per heavy atom. The molecular weight excluding hydrogens is 282 g/mol. The first-order valence-electron chi connectivity index (χ1n) is 7.00. The van der Waals surface area contributed by atoms with Gasteiger partial charge in [-0.15, -0.1) is 5.06 Å². The zero-order valence-corrected chi connectivity index (χ0v) is 11.8. The number of fused-ring (bicyclic) bond motifs is 1. The van der Waals surface area contributed by atoms with Gasteiger partial charge < -0.3 is 20.0 Å². The average molecular weight is 297 g/mol. The molecule has 3 heterocycles. The van der Waals surface area contributed by atoms with Crippen LogP contribution in [0.25, 0.3) is 0 Å². The van der Waals surface area contributed by atoms with Crippen molar-refractivity contribution in [3.8, 4) is 11.5 Å². The van der Waals surface area contributed by atoms with Crippen LogP contribution in [0, 0.1) is 0 Å². The highest BCUT2D eigenvalue weighted by Crippen LogP contribution is 2.35. The van der Waals surface area contributed by atoms with Crippen molar-refractivity contribution in [3.63, 3.8) is 0 Å². The summed E-state index contributed by atoms with van der Waals surface area (Å²) in [5.41, 5.74) is 7.92. The maximum atomic E-state index is 5.83. The van der Waals surface area contributed by atoms with Crippen LogP contribution in [0.4, 0.5) is 0 Å². The Bertz CT molecular complexity index is 718. The second kappa shape index (κ2) is 5.23. The largest absolute Gasteiger partial charge is 0.454 e. The molecule has 0 bridgehead atoms. The van der Waals surface area contributed by atoms with Gasteiger partial charge in [-0.3, -0.25) is 4.98 Å². The highest BCUT2D eigenvalue weighted by molar-refractivity contribution is 5.44. The number of ether oxygens (including phenoxy) is 2. The topological polar surface area (TPSA) is 69.8 Å². The molecule has 0 aliphatic carbocycles. The molecule has 4 rings (SSSR count). The van der Waals surface area contributed by atoms with Crippen LogP contribution in [-0.4, -0.2) is 16.8 Å². The highest BCUT2D eigenvalue weighted by Gasteiger charge is 2.28. The molecule has 2 aliphatic heterocycles. The van der Waals surface area contributed by atoms with Crippen LogP contribution in [0.1, 0.15) is 17.2 Å². The first kappa shape index (κ1) is 13.0. The fourth-order valence-corrected chi connectivity index (χ4v) is 2.62. The van der Waals surface area contributed by atoms with Crippen molar-refractivity contribution < 1.29 is 14.3 Å². The predicted octanol–water partition coefficient (Wildman–Crippen LogP) is 2.10. The van der Waals surface area contributed by atoms with Crippen LogP contribution < -0.4 is 15.2 Å². The van der Waals surface area contributed by atoms with Crippen LogP contribution in [0.5, 0.6) is 11.5 Å². The van der Waals surface area contributed by atoms with Gasteiger partial charge in [0.15, 0.2) is 11.5 Å². The van der Waals surface area contributed by atoms with Gasteiger partial charge in [0.2, 0.25) is 12.7 Å². The van der Waals surface area contributed by atoms with Gasteiger partial charge in [0.05, 0.1) is 12.6 Å². The van der Waals surface area contributed by atoms with E-state index in [0.29, 0.717) is 12.4 Å². The van der Waals surface area contributed by atoms with Crippen molar-refractivity contribution in [2.75, 3.05) is 6.79 Å².